The molecule has 49 heavy (non-hydrogen) atoms. The Morgan fingerprint density at radius 2 is 1.33 bits per heavy atom. The molecule has 19 heteroatoms. The number of nitrogens with zero attached hydrogens (tertiary/aromatic N) is 1. The van der Waals surface area contributed by atoms with Crippen LogP contribution in [-0.4, -0.2) is 107 Å². The first kappa shape index (κ1) is 41.7. The van der Waals surface area contributed by atoms with E-state index in [1.165, 1.54) is 0 Å². The molecule has 0 heterocycles. The van der Waals surface area contributed by atoms with Crippen molar-refractivity contribution in [2.45, 2.75) is 76.2 Å². The summed E-state index contributed by atoms with van der Waals surface area (Å²) >= 11 is 0. The SMILES string of the molecule is CC(C)C[C@H](NC(=O)[C@H](Cc1ccccc1)NC(=O)[C@H](CC(N)=O)NC(=O)[C@@H](N)CO)C(=O)N[C@@H](CCCN=C(N)N)C(=O)NCC(=O)O. The molecule has 0 bridgehead atoms. The number of aliphatic carboxylic acids is 1. The van der Waals surface area contributed by atoms with Crippen molar-refractivity contribution in [1.82, 2.24) is 26.6 Å². The van der Waals surface area contributed by atoms with Crippen LogP contribution in [0.15, 0.2) is 35.3 Å². The lowest BCUT2D eigenvalue weighted by Gasteiger charge is -2.27. The largest absolute Gasteiger partial charge is 0.480 e. The number of carboxylic acids is 1. The van der Waals surface area contributed by atoms with Gasteiger partial charge in [-0.05, 0) is 30.7 Å². The molecule has 272 valence electrons. The number of carboxylic acid groups (broad SMARTS) is 1. The fourth-order valence-electron chi connectivity index (χ4n) is 4.41. The van der Waals surface area contributed by atoms with Crippen molar-refractivity contribution < 1.29 is 43.8 Å². The fourth-order valence-corrected chi connectivity index (χ4v) is 4.41. The Labute approximate surface area is 283 Å². The second kappa shape index (κ2) is 21.5. The topological polar surface area (TPSA) is 337 Å². The number of nitrogens with two attached hydrogens (primary N) is 4. The van der Waals surface area contributed by atoms with E-state index < -0.39 is 91.2 Å². The normalized spacial score (nSPS) is 13.8. The van der Waals surface area contributed by atoms with Crippen molar-refractivity contribution in [3.63, 3.8) is 0 Å². The molecule has 0 unspecified atom stereocenters. The van der Waals surface area contributed by atoms with Gasteiger partial charge >= 0.3 is 5.97 Å². The number of carbonyl (C=O) groups is 7. The minimum atomic E-state index is -1.55. The third kappa shape index (κ3) is 16.9. The molecule has 0 aliphatic heterocycles. The van der Waals surface area contributed by atoms with Crippen LogP contribution in [-0.2, 0) is 40.0 Å². The maximum absolute atomic E-state index is 13.8. The highest BCUT2D eigenvalue weighted by Crippen LogP contribution is 2.10. The van der Waals surface area contributed by atoms with Crippen LogP contribution < -0.4 is 49.5 Å². The van der Waals surface area contributed by atoms with Gasteiger partial charge in [0.15, 0.2) is 5.96 Å². The van der Waals surface area contributed by atoms with Gasteiger partial charge in [0.25, 0.3) is 0 Å². The predicted molar refractivity (Wildman–Crippen MR) is 177 cm³/mol. The fraction of sp³-hybridized carbons (Fsp3) is 0.533. The van der Waals surface area contributed by atoms with Crippen LogP contribution in [0.3, 0.4) is 0 Å². The van der Waals surface area contributed by atoms with E-state index in [1.54, 1.807) is 44.2 Å². The first-order valence-electron chi connectivity index (χ1n) is 15.5. The molecular weight excluding hydrogens is 644 g/mol. The molecule has 1 aromatic carbocycles. The summed E-state index contributed by atoms with van der Waals surface area (Å²) in [5, 5.41) is 30.3. The van der Waals surface area contributed by atoms with E-state index in [9.17, 15) is 38.7 Å². The maximum atomic E-state index is 13.8. The van der Waals surface area contributed by atoms with Crippen molar-refractivity contribution >= 4 is 47.4 Å². The molecule has 0 saturated heterocycles. The van der Waals surface area contributed by atoms with Gasteiger partial charge in [-0.15, -0.1) is 0 Å². The van der Waals surface area contributed by atoms with Gasteiger partial charge in [-0.2, -0.15) is 0 Å². The minimum Gasteiger partial charge on any atom is -0.480 e. The Morgan fingerprint density at radius 3 is 1.88 bits per heavy atom. The summed E-state index contributed by atoms with van der Waals surface area (Å²) in [4.78, 5) is 92.3. The van der Waals surface area contributed by atoms with E-state index in [0.717, 1.165) is 0 Å². The first-order valence-corrected chi connectivity index (χ1v) is 15.5. The van der Waals surface area contributed by atoms with Crippen molar-refractivity contribution in [2.24, 2.45) is 33.8 Å². The van der Waals surface area contributed by atoms with Crippen LogP contribution in [0, 0.1) is 5.92 Å². The zero-order valence-electron chi connectivity index (χ0n) is 27.5. The Bertz CT molecular complexity index is 1320. The smallest absolute Gasteiger partial charge is 0.322 e. The Balaban J connectivity index is 3.32. The molecule has 6 amide bonds. The summed E-state index contributed by atoms with van der Waals surface area (Å²) in [6.45, 7) is 2.26. The van der Waals surface area contributed by atoms with Crippen LogP contribution in [0.4, 0.5) is 0 Å². The Kier molecular flexibility index (Phi) is 18.3. The lowest BCUT2D eigenvalue weighted by atomic mass is 10.00. The van der Waals surface area contributed by atoms with Crippen molar-refractivity contribution in [1.29, 1.82) is 0 Å². The van der Waals surface area contributed by atoms with E-state index in [1.807, 2.05) is 0 Å². The molecule has 1 rings (SSSR count). The highest BCUT2D eigenvalue weighted by Gasteiger charge is 2.33. The number of aliphatic imine (C=N–C) groups is 1. The number of benzene rings is 1. The average Bonchev–Trinajstić information content (AvgIpc) is 3.03. The molecule has 5 atom stereocenters. The highest BCUT2D eigenvalue weighted by molar-refractivity contribution is 5.97. The summed E-state index contributed by atoms with van der Waals surface area (Å²) in [6.07, 6.45) is -0.368. The molecule has 0 radical (unpaired) electrons. The molecule has 0 aliphatic carbocycles. The number of carbonyl (C=O) groups excluding carboxylic acids is 6. The number of amides is 6. The second-order valence-corrected chi connectivity index (χ2v) is 11.6. The van der Waals surface area contributed by atoms with E-state index in [-0.39, 0.29) is 44.1 Å². The number of primary amides is 1. The molecule has 0 saturated carbocycles. The van der Waals surface area contributed by atoms with Gasteiger partial charge in [0, 0.05) is 13.0 Å². The van der Waals surface area contributed by atoms with E-state index >= 15 is 0 Å². The van der Waals surface area contributed by atoms with Gasteiger partial charge in [0.05, 0.1) is 13.0 Å². The van der Waals surface area contributed by atoms with Gasteiger partial charge in [-0.3, -0.25) is 38.6 Å². The van der Waals surface area contributed by atoms with Crippen LogP contribution >= 0.6 is 0 Å². The molecule has 0 fully saturated rings. The number of nitrogens with one attached hydrogen (secondary N) is 5. The predicted octanol–water partition coefficient (Wildman–Crippen LogP) is -4.34. The quantitative estimate of drug-likeness (QED) is 0.0312. The lowest BCUT2D eigenvalue weighted by Crippen LogP contribution is -2.60. The first-order chi connectivity index (χ1) is 23.0. The summed E-state index contributed by atoms with van der Waals surface area (Å²) in [6, 6.07) is 1.80. The van der Waals surface area contributed by atoms with E-state index in [0.29, 0.717) is 5.56 Å². The van der Waals surface area contributed by atoms with Crippen molar-refractivity contribution in [3.8, 4) is 0 Å². The molecule has 1 aromatic rings. The zero-order chi connectivity index (χ0) is 37.1. The molecule has 0 aliphatic rings. The van der Waals surface area contributed by atoms with Crippen LogP contribution in [0.2, 0.25) is 0 Å². The standard InChI is InChI=1S/C30H48N10O9/c1-16(2)11-20(27(47)37-19(9-6-10-35-30(33)34)26(46)36-14-24(43)44)39-28(48)21(12-17-7-4-3-5-8-17)40-29(49)22(13-23(32)42)38-25(45)18(31)15-41/h3-5,7-8,16,18-22,41H,6,9-15,31H2,1-2H3,(H2,32,42)(H,36,46)(H,37,47)(H,38,45)(H,39,48)(H,40,49)(H,43,44)(H4,33,34,35)/t18-,19-,20-,21-,22-/m0/s1. The summed E-state index contributed by atoms with van der Waals surface area (Å²) in [7, 11) is 0. The van der Waals surface area contributed by atoms with Crippen LogP contribution in [0.5, 0.6) is 0 Å². The molecule has 19 nitrogen and oxygen atoms in total. The summed E-state index contributed by atoms with van der Waals surface area (Å²) < 4.78 is 0. The molecule has 0 spiro atoms. The third-order valence-electron chi connectivity index (χ3n) is 6.82. The Hall–Kier alpha value is -5.30. The van der Waals surface area contributed by atoms with Crippen LogP contribution in [0.1, 0.15) is 45.1 Å². The zero-order valence-corrected chi connectivity index (χ0v) is 27.5. The molecule has 15 N–H and O–H groups in total. The number of aliphatic hydroxyl groups excluding tert-OH is 1. The van der Waals surface area contributed by atoms with Gasteiger partial charge in [-0.1, -0.05) is 44.2 Å². The number of rotatable bonds is 22. The van der Waals surface area contributed by atoms with Gasteiger partial charge in [-0.25, -0.2) is 0 Å². The van der Waals surface area contributed by atoms with Gasteiger partial charge in [0.1, 0.15) is 36.8 Å². The maximum Gasteiger partial charge on any atom is 0.322 e. The third-order valence-corrected chi connectivity index (χ3v) is 6.82. The monoisotopic (exact) mass is 692 g/mol. The lowest BCUT2D eigenvalue weighted by molar-refractivity contribution is -0.138. The highest BCUT2D eigenvalue weighted by atomic mass is 16.4. The number of hydrogen-bond acceptors (Lipinski definition) is 10. The van der Waals surface area contributed by atoms with Crippen molar-refractivity contribution in [2.75, 3.05) is 19.7 Å². The van der Waals surface area contributed by atoms with Crippen molar-refractivity contribution in [3.05, 3.63) is 35.9 Å². The minimum absolute atomic E-state index is 0.0237. The molecular formula is C30H48N10O9. The average molecular weight is 693 g/mol. The summed E-state index contributed by atoms with van der Waals surface area (Å²) in [5.41, 5.74) is 22.1. The summed E-state index contributed by atoms with van der Waals surface area (Å²) in [5.74, 6) is -6.84. The number of guanidine groups is 1. The van der Waals surface area contributed by atoms with Gasteiger partial charge in [0.2, 0.25) is 35.4 Å². The number of aliphatic hydroxyl groups is 1. The Morgan fingerprint density at radius 1 is 0.776 bits per heavy atom. The molecule has 0 aromatic heterocycles. The van der Waals surface area contributed by atoms with E-state index in [4.69, 9.17) is 28.0 Å². The van der Waals surface area contributed by atoms with E-state index in [2.05, 4.69) is 31.6 Å². The second-order valence-electron chi connectivity index (χ2n) is 11.6. The van der Waals surface area contributed by atoms with Gasteiger partial charge < -0.3 is 59.7 Å². The number of hydrogen-bond donors (Lipinski definition) is 11. The van der Waals surface area contributed by atoms with Crippen LogP contribution in [0.25, 0.3) is 0 Å².